The summed E-state index contributed by atoms with van der Waals surface area (Å²) in [7, 11) is 1.24. The number of aromatic nitrogens is 2. The zero-order chi connectivity index (χ0) is 13.8. The van der Waals surface area contributed by atoms with Crippen molar-refractivity contribution in [2.75, 3.05) is 7.11 Å². The Morgan fingerprint density at radius 3 is 2.84 bits per heavy atom. The number of H-pyrrole nitrogens is 1. The van der Waals surface area contributed by atoms with Crippen LogP contribution in [-0.2, 0) is 16.0 Å². The van der Waals surface area contributed by atoms with Crippen molar-refractivity contribution in [2.45, 2.75) is 6.42 Å². The molecule has 5 nitrogen and oxygen atoms in total. The van der Waals surface area contributed by atoms with Crippen LogP contribution in [0.25, 0.3) is 11.4 Å². The van der Waals surface area contributed by atoms with Gasteiger partial charge in [-0.3, -0.25) is 9.59 Å². The third-order valence-electron chi connectivity index (χ3n) is 2.48. The van der Waals surface area contributed by atoms with E-state index in [0.717, 1.165) is 0 Å². The predicted octanol–water partition coefficient (Wildman–Crippen LogP) is 1.29. The third-order valence-corrected chi connectivity index (χ3v) is 2.48. The van der Waals surface area contributed by atoms with Crippen molar-refractivity contribution in [1.29, 1.82) is 0 Å². The minimum Gasteiger partial charge on any atom is -0.469 e. The lowest BCUT2D eigenvalue weighted by Crippen LogP contribution is -2.14. The lowest BCUT2D eigenvalue weighted by Gasteiger charge is -2.04. The van der Waals surface area contributed by atoms with E-state index in [1.807, 2.05) is 0 Å². The molecule has 0 aliphatic carbocycles. The SMILES string of the molecule is COC(=O)Cc1cc(=O)[nH]c(-c2ccccc2F)n1. The van der Waals surface area contributed by atoms with Gasteiger partial charge in [-0.15, -0.1) is 0 Å². The Balaban J connectivity index is 2.45. The van der Waals surface area contributed by atoms with E-state index in [4.69, 9.17) is 0 Å². The number of benzene rings is 1. The molecule has 0 radical (unpaired) electrons. The molecule has 0 unspecified atom stereocenters. The second kappa shape index (κ2) is 5.43. The molecule has 1 aromatic carbocycles. The number of carbonyl (C=O) groups is 1. The van der Waals surface area contributed by atoms with Crippen LogP contribution in [0, 0.1) is 5.82 Å². The van der Waals surface area contributed by atoms with Crippen LogP contribution in [0.3, 0.4) is 0 Å². The molecule has 2 aromatic rings. The molecule has 1 heterocycles. The topological polar surface area (TPSA) is 72.1 Å². The van der Waals surface area contributed by atoms with Crippen LogP contribution in [0.5, 0.6) is 0 Å². The second-order valence-corrected chi connectivity index (χ2v) is 3.82. The fourth-order valence-electron chi connectivity index (χ4n) is 1.60. The lowest BCUT2D eigenvalue weighted by molar-refractivity contribution is -0.139. The number of carbonyl (C=O) groups excluding carboxylic acids is 1. The number of hydrogen-bond donors (Lipinski definition) is 1. The Morgan fingerprint density at radius 1 is 1.42 bits per heavy atom. The summed E-state index contributed by atoms with van der Waals surface area (Å²) in [4.78, 5) is 29.1. The predicted molar refractivity (Wildman–Crippen MR) is 66.0 cm³/mol. The van der Waals surface area contributed by atoms with Gasteiger partial charge in [-0.2, -0.15) is 0 Å². The van der Waals surface area contributed by atoms with Crippen LogP contribution < -0.4 is 5.56 Å². The van der Waals surface area contributed by atoms with Crippen LogP contribution in [0.4, 0.5) is 4.39 Å². The molecule has 6 heteroatoms. The van der Waals surface area contributed by atoms with Crippen molar-refractivity contribution < 1.29 is 13.9 Å². The molecule has 0 fully saturated rings. The van der Waals surface area contributed by atoms with Gasteiger partial charge in [-0.25, -0.2) is 9.37 Å². The number of esters is 1. The molecular weight excluding hydrogens is 251 g/mol. The van der Waals surface area contributed by atoms with Crippen molar-refractivity contribution in [3.63, 3.8) is 0 Å². The first kappa shape index (κ1) is 12.9. The van der Waals surface area contributed by atoms with Gasteiger partial charge in [0.2, 0.25) is 0 Å². The summed E-state index contributed by atoms with van der Waals surface area (Å²) in [5.74, 6) is -0.928. The summed E-state index contributed by atoms with van der Waals surface area (Å²) in [6.45, 7) is 0. The van der Waals surface area contributed by atoms with Gasteiger partial charge in [0.15, 0.2) is 0 Å². The van der Waals surface area contributed by atoms with E-state index < -0.39 is 17.3 Å². The van der Waals surface area contributed by atoms with Gasteiger partial charge < -0.3 is 9.72 Å². The van der Waals surface area contributed by atoms with Gasteiger partial charge in [0.25, 0.3) is 5.56 Å². The van der Waals surface area contributed by atoms with Crippen molar-refractivity contribution in [3.8, 4) is 11.4 Å². The van der Waals surface area contributed by atoms with Gasteiger partial charge in [-0.05, 0) is 12.1 Å². The normalized spacial score (nSPS) is 10.2. The standard InChI is InChI=1S/C13H11FN2O3/c1-19-12(18)7-8-6-11(17)16-13(15-8)9-4-2-3-5-10(9)14/h2-6H,7H2,1H3,(H,15,16,17). The first-order chi connectivity index (χ1) is 9.10. The maximum Gasteiger partial charge on any atom is 0.311 e. The number of nitrogens with zero attached hydrogens (tertiary/aromatic N) is 1. The number of methoxy groups -OCH3 is 1. The maximum atomic E-state index is 13.6. The first-order valence-electron chi connectivity index (χ1n) is 5.52. The number of halogens is 1. The molecule has 0 amide bonds. The van der Waals surface area contributed by atoms with E-state index in [0.29, 0.717) is 0 Å². The number of hydrogen-bond acceptors (Lipinski definition) is 4. The van der Waals surface area contributed by atoms with E-state index in [1.165, 1.54) is 31.4 Å². The highest BCUT2D eigenvalue weighted by molar-refractivity contribution is 5.72. The van der Waals surface area contributed by atoms with Gasteiger partial charge in [0, 0.05) is 6.07 Å². The number of ether oxygens (including phenoxy) is 1. The summed E-state index contributed by atoms with van der Waals surface area (Å²) >= 11 is 0. The number of rotatable bonds is 3. The summed E-state index contributed by atoms with van der Waals surface area (Å²) < 4.78 is 18.1. The van der Waals surface area contributed by atoms with Crippen molar-refractivity contribution >= 4 is 5.97 Å². The molecule has 1 aromatic heterocycles. The van der Waals surface area contributed by atoms with E-state index in [-0.39, 0.29) is 23.5 Å². The van der Waals surface area contributed by atoms with Crippen molar-refractivity contribution in [2.24, 2.45) is 0 Å². The summed E-state index contributed by atoms with van der Waals surface area (Å²) in [5.41, 5.74) is -0.0488. The molecule has 98 valence electrons. The Labute approximate surface area is 108 Å². The highest BCUT2D eigenvalue weighted by atomic mass is 19.1. The van der Waals surface area contributed by atoms with E-state index in [9.17, 15) is 14.0 Å². The molecule has 0 aliphatic rings. The molecule has 0 bridgehead atoms. The minimum absolute atomic E-state index is 0.0875. The quantitative estimate of drug-likeness (QED) is 0.846. The average molecular weight is 262 g/mol. The van der Waals surface area contributed by atoms with Crippen LogP contribution in [0.2, 0.25) is 0 Å². The minimum atomic E-state index is -0.516. The monoisotopic (exact) mass is 262 g/mol. The highest BCUT2D eigenvalue weighted by Crippen LogP contribution is 2.17. The molecule has 0 aliphatic heterocycles. The number of nitrogens with one attached hydrogen (secondary N) is 1. The van der Waals surface area contributed by atoms with Crippen molar-refractivity contribution in [3.05, 3.63) is 52.2 Å². The molecule has 1 N–H and O–H groups in total. The molecule has 2 rings (SSSR count). The fraction of sp³-hybridized carbons (Fsp3) is 0.154. The Morgan fingerprint density at radius 2 is 2.16 bits per heavy atom. The largest absolute Gasteiger partial charge is 0.469 e. The lowest BCUT2D eigenvalue weighted by atomic mass is 10.2. The van der Waals surface area contributed by atoms with Crippen LogP contribution in [0.15, 0.2) is 35.1 Å². The Hall–Kier alpha value is -2.50. The van der Waals surface area contributed by atoms with Crippen LogP contribution >= 0.6 is 0 Å². The highest BCUT2D eigenvalue weighted by Gasteiger charge is 2.11. The Bertz CT molecular complexity index is 667. The molecule has 0 saturated heterocycles. The van der Waals surface area contributed by atoms with Gasteiger partial charge >= 0.3 is 5.97 Å². The average Bonchev–Trinajstić information content (AvgIpc) is 2.38. The van der Waals surface area contributed by atoms with Crippen LogP contribution in [-0.4, -0.2) is 23.0 Å². The zero-order valence-corrected chi connectivity index (χ0v) is 10.1. The van der Waals surface area contributed by atoms with E-state index in [1.54, 1.807) is 6.07 Å². The molecule has 0 saturated carbocycles. The summed E-state index contributed by atoms with van der Waals surface area (Å²) in [5, 5.41) is 0. The number of aromatic amines is 1. The first-order valence-corrected chi connectivity index (χ1v) is 5.52. The van der Waals surface area contributed by atoms with E-state index >= 15 is 0 Å². The smallest absolute Gasteiger partial charge is 0.311 e. The third kappa shape index (κ3) is 3.04. The summed E-state index contributed by atoms with van der Waals surface area (Å²) in [6, 6.07) is 7.11. The van der Waals surface area contributed by atoms with Gasteiger partial charge in [0.05, 0.1) is 24.8 Å². The second-order valence-electron chi connectivity index (χ2n) is 3.82. The molecule has 19 heavy (non-hydrogen) atoms. The van der Waals surface area contributed by atoms with Crippen LogP contribution in [0.1, 0.15) is 5.69 Å². The maximum absolute atomic E-state index is 13.6. The molecule has 0 spiro atoms. The zero-order valence-electron chi connectivity index (χ0n) is 10.1. The summed E-state index contributed by atoms with van der Waals surface area (Å²) in [6.07, 6.45) is -0.137. The van der Waals surface area contributed by atoms with E-state index in [2.05, 4.69) is 14.7 Å². The fourth-order valence-corrected chi connectivity index (χ4v) is 1.60. The Kier molecular flexibility index (Phi) is 3.70. The van der Waals surface area contributed by atoms with Gasteiger partial charge in [-0.1, -0.05) is 12.1 Å². The van der Waals surface area contributed by atoms with Crippen molar-refractivity contribution in [1.82, 2.24) is 9.97 Å². The van der Waals surface area contributed by atoms with Gasteiger partial charge in [0.1, 0.15) is 11.6 Å². The molecular formula is C13H11FN2O3. The molecule has 0 atom stereocenters.